The summed E-state index contributed by atoms with van der Waals surface area (Å²) in [5.41, 5.74) is 1.34. The van der Waals surface area contributed by atoms with Gasteiger partial charge in [0.05, 0.1) is 17.3 Å². The van der Waals surface area contributed by atoms with E-state index in [2.05, 4.69) is 5.32 Å². The minimum absolute atomic E-state index is 0.0901. The average molecular weight is 360 g/mol. The van der Waals surface area contributed by atoms with Gasteiger partial charge in [0.1, 0.15) is 5.75 Å². The maximum atomic E-state index is 12.9. The maximum absolute atomic E-state index is 12.9. The molecule has 0 aliphatic carbocycles. The fourth-order valence-electron chi connectivity index (χ4n) is 3.30. The Morgan fingerprint density at radius 1 is 1.07 bits per heavy atom. The number of nitrogens with zero attached hydrogens (tertiary/aromatic N) is 1. The van der Waals surface area contributed by atoms with Crippen molar-refractivity contribution in [2.45, 2.75) is 6.92 Å². The number of benzene rings is 3. The van der Waals surface area contributed by atoms with Gasteiger partial charge in [-0.05, 0) is 23.6 Å². The lowest BCUT2D eigenvalue weighted by atomic mass is 10.1. The Labute approximate surface area is 157 Å². The van der Waals surface area contributed by atoms with Gasteiger partial charge in [-0.15, -0.1) is 0 Å². The molecule has 136 valence electrons. The molecule has 1 aliphatic heterocycles. The van der Waals surface area contributed by atoms with Crippen LogP contribution in [0.4, 0.5) is 11.4 Å². The molecule has 0 aromatic heterocycles. The minimum atomic E-state index is -0.307. The van der Waals surface area contributed by atoms with E-state index in [9.17, 15) is 9.59 Å². The molecular weight excluding hydrogens is 340 g/mol. The molecule has 0 spiro atoms. The lowest BCUT2D eigenvalue weighted by Crippen LogP contribution is -2.38. The van der Waals surface area contributed by atoms with E-state index < -0.39 is 0 Å². The zero-order chi connectivity index (χ0) is 18.8. The third-order valence-corrected chi connectivity index (χ3v) is 4.76. The molecule has 0 bridgehead atoms. The second kappa shape index (κ2) is 7.11. The van der Waals surface area contributed by atoms with Gasteiger partial charge in [-0.25, -0.2) is 0 Å². The SMILES string of the molecule is C[C@H]1CN(C(=O)COc2cccc3ccccc23)c2ccccc2NC1=O. The Hall–Kier alpha value is -3.34. The number of para-hydroxylation sites is 2. The molecule has 0 unspecified atom stereocenters. The van der Waals surface area contributed by atoms with Crippen LogP contribution < -0.4 is 15.0 Å². The van der Waals surface area contributed by atoms with Gasteiger partial charge in [0.25, 0.3) is 5.91 Å². The van der Waals surface area contributed by atoms with Crippen LogP contribution in [0.25, 0.3) is 10.8 Å². The number of anilines is 2. The van der Waals surface area contributed by atoms with E-state index in [0.717, 1.165) is 10.8 Å². The van der Waals surface area contributed by atoms with Crippen LogP contribution in [0.1, 0.15) is 6.92 Å². The molecule has 0 saturated carbocycles. The average Bonchev–Trinajstić information content (AvgIpc) is 2.82. The summed E-state index contributed by atoms with van der Waals surface area (Å²) in [6, 6.07) is 21.0. The van der Waals surface area contributed by atoms with Crippen molar-refractivity contribution >= 4 is 34.0 Å². The predicted octanol–water partition coefficient (Wildman–Crippen LogP) is 3.84. The van der Waals surface area contributed by atoms with E-state index in [-0.39, 0.29) is 24.3 Å². The standard InChI is InChI=1S/C22H20N2O3/c1-15-13-24(19-11-5-4-10-18(19)23-22(15)26)21(25)14-27-20-12-6-8-16-7-2-3-9-17(16)20/h2-12,15H,13-14H2,1H3,(H,23,26)/t15-/m0/s1. The number of hydrogen-bond donors (Lipinski definition) is 1. The molecule has 3 aromatic rings. The molecular formula is C22H20N2O3. The van der Waals surface area contributed by atoms with Gasteiger partial charge in [-0.2, -0.15) is 0 Å². The molecule has 1 aliphatic rings. The molecule has 5 heteroatoms. The van der Waals surface area contributed by atoms with Crippen molar-refractivity contribution in [3.05, 3.63) is 66.7 Å². The highest BCUT2D eigenvalue weighted by Gasteiger charge is 2.28. The molecule has 1 atom stereocenters. The quantitative estimate of drug-likeness (QED) is 0.772. The molecule has 0 saturated heterocycles. The fourth-order valence-corrected chi connectivity index (χ4v) is 3.30. The van der Waals surface area contributed by atoms with E-state index in [0.29, 0.717) is 23.7 Å². The minimum Gasteiger partial charge on any atom is -0.483 e. The zero-order valence-electron chi connectivity index (χ0n) is 15.0. The molecule has 4 rings (SSSR count). The third kappa shape index (κ3) is 3.36. The van der Waals surface area contributed by atoms with Gasteiger partial charge in [0, 0.05) is 11.9 Å². The topological polar surface area (TPSA) is 58.6 Å². The zero-order valence-corrected chi connectivity index (χ0v) is 15.0. The van der Waals surface area contributed by atoms with Crippen LogP contribution in [0.3, 0.4) is 0 Å². The fraction of sp³-hybridized carbons (Fsp3) is 0.182. The van der Waals surface area contributed by atoms with Gasteiger partial charge in [-0.3, -0.25) is 9.59 Å². The lowest BCUT2D eigenvalue weighted by Gasteiger charge is -2.23. The second-order valence-electron chi connectivity index (χ2n) is 6.68. The summed E-state index contributed by atoms with van der Waals surface area (Å²) in [6.45, 7) is 2.04. The third-order valence-electron chi connectivity index (χ3n) is 4.76. The Kier molecular flexibility index (Phi) is 4.50. The van der Waals surface area contributed by atoms with Gasteiger partial charge < -0.3 is 15.0 Å². The summed E-state index contributed by atoms with van der Waals surface area (Å²) in [4.78, 5) is 26.8. The largest absolute Gasteiger partial charge is 0.483 e. The van der Waals surface area contributed by atoms with Crippen molar-refractivity contribution < 1.29 is 14.3 Å². The van der Waals surface area contributed by atoms with Crippen LogP contribution in [0.15, 0.2) is 66.7 Å². The molecule has 1 heterocycles. The van der Waals surface area contributed by atoms with Crippen LogP contribution in [0, 0.1) is 5.92 Å². The van der Waals surface area contributed by atoms with E-state index in [1.807, 2.05) is 67.6 Å². The summed E-state index contributed by atoms with van der Waals surface area (Å²) in [5, 5.41) is 4.91. The van der Waals surface area contributed by atoms with E-state index in [4.69, 9.17) is 4.74 Å². The first-order chi connectivity index (χ1) is 13.1. The molecule has 0 radical (unpaired) electrons. The van der Waals surface area contributed by atoms with Crippen LogP contribution in [-0.2, 0) is 9.59 Å². The van der Waals surface area contributed by atoms with Crippen molar-refractivity contribution in [3.63, 3.8) is 0 Å². The number of carbonyl (C=O) groups excluding carboxylic acids is 2. The van der Waals surface area contributed by atoms with Crippen molar-refractivity contribution in [2.75, 3.05) is 23.4 Å². The summed E-state index contributed by atoms with van der Waals surface area (Å²) >= 11 is 0. The number of rotatable bonds is 3. The number of hydrogen-bond acceptors (Lipinski definition) is 3. The van der Waals surface area contributed by atoms with E-state index in [1.165, 1.54) is 0 Å². The van der Waals surface area contributed by atoms with Crippen LogP contribution in [-0.4, -0.2) is 25.0 Å². The highest BCUT2D eigenvalue weighted by atomic mass is 16.5. The van der Waals surface area contributed by atoms with Gasteiger partial charge >= 0.3 is 0 Å². The van der Waals surface area contributed by atoms with Crippen molar-refractivity contribution in [3.8, 4) is 5.75 Å². The summed E-state index contributed by atoms with van der Waals surface area (Å²) in [6.07, 6.45) is 0. The number of ether oxygens (including phenoxy) is 1. The van der Waals surface area contributed by atoms with Gasteiger partial charge in [0.2, 0.25) is 5.91 Å². The number of fused-ring (bicyclic) bond motifs is 2. The smallest absolute Gasteiger partial charge is 0.264 e. The van der Waals surface area contributed by atoms with Crippen molar-refractivity contribution in [2.24, 2.45) is 5.92 Å². The maximum Gasteiger partial charge on any atom is 0.264 e. The van der Waals surface area contributed by atoms with Gasteiger partial charge in [-0.1, -0.05) is 55.5 Å². The molecule has 1 N–H and O–H groups in total. The highest BCUT2D eigenvalue weighted by Crippen LogP contribution is 2.30. The van der Waals surface area contributed by atoms with Crippen molar-refractivity contribution in [1.82, 2.24) is 0 Å². The molecule has 5 nitrogen and oxygen atoms in total. The highest BCUT2D eigenvalue weighted by molar-refractivity contribution is 6.05. The Balaban J connectivity index is 1.58. The van der Waals surface area contributed by atoms with Crippen LogP contribution in [0.2, 0.25) is 0 Å². The first kappa shape index (κ1) is 17.1. The summed E-state index contributed by atoms with van der Waals surface area (Å²) in [7, 11) is 0. The molecule has 0 fully saturated rings. The van der Waals surface area contributed by atoms with Crippen LogP contribution in [0.5, 0.6) is 5.75 Å². The predicted molar refractivity (Wildman–Crippen MR) is 106 cm³/mol. The Morgan fingerprint density at radius 2 is 1.81 bits per heavy atom. The molecule has 27 heavy (non-hydrogen) atoms. The Bertz CT molecular complexity index is 1010. The van der Waals surface area contributed by atoms with E-state index >= 15 is 0 Å². The monoisotopic (exact) mass is 360 g/mol. The molecule has 2 amide bonds. The first-order valence-corrected chi connectivity index (χ1v) is 8.94. The Morgan fingerprint density at radius 3 is 2.70 bits per heavy atom. The van der Waals surface area contributed by atoms with E-state index in [1.54, 1.807) is 11.0 Å². The normalized spacial score (nSPS) is 16.4. The number of nitrogens with one attached hydrogen (secondary N) is 1. The summed E-state index contributed by atoms with van der Waals surface area (Å²) in [5.74, 6) is 0.0946. The lowest BCUT2D eigenvalue weighted by molar-refractivity contribution is -0.121. The summed E-state index contributed by atoms with van der Waals surface area (Å²) < 4.78 is 5.86. The number of carbonyl (C=O) groups is 2. The van der Waals surface area contributed by atoms with Crippen molar-refractivity contribution in [1.29, 1.82) is 0 Å². The first-order valence-electron chi connectivity index (χ1n) is 8.94. The van der Waals surface area contributed by atoms with Gasteiger partial charge in [0.15, 0.2) is 6.61 Å². The van der Waals surface area contributed by atoms with Crippen LogP contribution >= 0.6 is 0 Å². The number of amides is 2. The molecule has 3 aromatic carbocycles. The second-order valence-corrected chi connectivity index (χ2v) is 6.68.